The third-order valence-electron chi connectivity index (χ3n) is 6.94. The van der Waals surface area contributed by atoms with Gasteiger partial charge in [0.25, 0.3) is 0 Å². The Balaban J connectivity index is 1.51. The molecule has 5 rings (SSSR count). The number of para-hydroxylation sites is 1. The number of H-pyrrole nitrogens is 1. The van der Waals surface area contributed by atoms with Crippen molar-refractivity contribution in [3.63, 3.8) is 0 Å². The first-order valence-electron chi connectivity index (χ1n) is 13.3. The molecule has 3 aromatic heterocycles. The van der Waals surface area contributed by atoms with Crippen LogP contribution in [0.5, 0.6) is 0 Å². The van der Waals surface area contributed by atoms with Gasteiger partial charge in [0, 0.05) is 35.4 Å². The van der Waals surface area contributed by atoms with Crippen molar-refractivity contribution in [3.05, 3.63) is 100.0 Å². The SMILES string of the molecule is CCCc1cccc(CC)c1-n1cc(CCC)n(Cc2ccc(-c3cnccc3-c3nnn[nH]3)cc2)c1=O. The summed E-state index contributed by atoms with van der Waals surface area (Å²) < 4.78 is 3.81. The Labute approximate surface area is 222 Å². The van der Waals surface area contributed by atoms with Crippen molar-refractivity contribution >= 4 is 0 Å². The van der Waals surface area contributed by atoms with Crippen LogP contribution in [0.1, 0.15) is 56.0 Å². The summed E-state index contributed by atoms with van der Waals surface area (Å²) in [6.07, 6.45) is 10.3. The molecule has 0 spiro atoms. The lowest BCUT2D eigenvalue weighted by Gasteiger charge is -2.14. The molecule has 0 unspecified atom stereocenters. The summed E-state index contributed by atoms with van der Waals surface area (Å²) in [6.45, 7) is 7.00. The molecule has 0 aliphatic rings. The first-order chi connectivity index (χ1) is 18.6. The van der Waals surface area contributed by atoms with E-state index in [2.05, 4.69) is 95.0 Å². The van der Waals surface area contributed by atoms with E-state index in [4.69, 9.17) is 0 Å². The van der Waals surface area contributed by atoms with E-state index in [9.17, 15) is 4.79 Å². The van der Waals surface area contributed by atoms with Gasteiger partial charge in [-0.2, -0.15) is 0 Å². The van der Waals surface area contributed by atoms with Gasteiger partial charge < -0.3 is 0 Å². The van der Waals surface area contributed by atoms with Crippen LogP contribution in [-0.2, 0) is 25.8 Å². The Kier molecular flexibility index (Phi) is 7.58. The second-order valence-electron chi connectivity index (χ2n) is 9.51. The van der Waals surface area contributed by atoms with E-state index in [0.717, 1.165) is 65.7 Å². The standard InChI is InChI=1S/C30H33N7O/c1-4-8-24-11-7-10-22(6-3)28(24)37-20-25(9-5-2)36(30(37)38)19-21-12-14-23(15-13-21)27-18-31-17-16-26(27)29-32-34-35-33-29/h7,10-18,20H,4-6,8-9,19H2,1-3H3,(H,32,33,34,35). The Bertz CT molecular complexity index is 1560. The van der Waals surface area contributed by atoms with Gasteiger partial charge in [-0.3, -0.25) is 14.1 Å². The van der Waals surface area contributed by atoms with Crippen molar-refractivity contribution < 1.29 is 0 Å². The van der Waals surface area contributed by atoms with Gasteiger partial charge >= 0.3 is 5.69 Å². The largest absolute Gasteiger partial charge is 0.333 e. The van der Waals surface area contributed by atoms with Gasteiger partial charge in [-0.1, -0.05) is 76.1 Å². The van der Waals surface area contributed by atoms with Crippen molar-refractivity contribution in [3.8, 4) is 28.2 Å². The number of pyridine rings is 1. The maximum absolute atomic E-state index is 13.9. The second-order valence-corrected chi connectivity index (χ2v) is 9.51. The number of aromatic nitrogens is 7. The van der Waals surface area contributed by atoms with Crippen molar-refractivity contribution in [2.45, 2.75) is 59.4 Å². The number of nitrogens with one attached hydrogen (secondary N) is 1. The summed E-state index contributed by atoms with van der Waals surface area (Å²) in [5.74, 6) is 0.596. The monoisotopic (exact) mass is 507 g/mol. The normalized spacial score (nSPS) is 11.2. The number of imidazole rings is 1. The Morgan fingerprint density at radius 3 is 2.39 bits per heavy atom. The molecule has 0 aliphatic carbocycles. The topological polar surface area (TPSA) is 94.3 Å². The summed E-state index contributed by atoms with van der Waals surface area (Å²) in [5.41, 5.74) is 8.46. The fourth-order valence-electron chi connectivity index (χ4n) is 5.10. The molecule has 0 atom stereocenters. The number of benzene rings is 2. The lowest BCUT2D eigenvalue weighted by Crippen LogP contribution is -2.26. The molecule has 0 radical (unpaired) electrons. The maximum Gasteiger partial charge on any atom is 0.333 e. The molecule has 8 heteroatoms. The second kappa shape index (κ2) is 11.4. The van der Waals surface area contributed by atoms with E-state index in [1.54, 1.807) is 6.20 Å². The van der Waals surface area contributed by atoms with E-state index in [0.29, 0.717) is 12.4 Å². The highest BCUT2D eigenvalue weighted by atomic mass is 16.1. The highest BCUT2D eigenvalue weighted by Gasteiger charge is 2.17. The molecule has 3 heterocycles. The van der Waals surface area contributed by atoms with E-state index in [-0.39, 0.29) is 5.69 Å². The summed E-state index contributed by atoms with van der Waals surface area (Å²) in [7, 11) is 0. The van der Waals surface area contributed by atoms with Crippen molar-refractivity contribution in [1.82, 2.24) is 34.7 Å². The molecule has 0 saturated carbocycles. The smallest absolute Gasteiger partial charge is 0.292 e. The average Bonchev–Trinajstić information content (AvgIpc) is 3.59. The zero-order valence-electron chi connectivity index (χ0n) is 22.2. The minimum absolute atomic E-state index is 0.0168. The molecular weight excluding hydrogens is 474 g/mol. The fraction of sp³-hybridized carbons (Fsp3) is 0.300. The zero-order chi connectivity index (χ0) is 26.5. The first kappa shape index (κ1) is 25.3. The van der Waals surface area contributed by atoms with Crippen LogP contribution in [0.3, 0.4) is 0 Å². The number of rotatable bonds is 10. The highest BCUT2D eigenvalue weighted by Crippen LogP contribution is 2.29. The molecule has 0 aliphatic heterocycles. The molecule has 5 aromatic rings. The van der Waals surface area contributed by atoms with E-state index in [1.165, 1.54) is 11.1 Å². The molecular formula is C30H33N7O. The first-order valence-corrected chi connectivity index (χ1v) is 13.3. The predicted octanol–water partition coefficient (Wildman–Crippen LogP) is 5.40. The average molecular weight is 508 g/mol. The number of tetrazole rings is 1. The van der Waals surface area contributed by atoms with Crippen LogP contribution in [0.2, 0.25) is 0 Å². The van der Waals surface area contributed by atoms with Crippen molar-refractivity contribution in [1.29, 1.82) is 0 Å². The molecule has 0 amide bonds. The lowest BCUT2D eigenvalue weighted by molar-refractivity contribution is 0.690. The third kappa shape index (κ3) is 4.94. The van der Waals surface area contributed by atoms with Gasteiger partial charge in [0.1, 0.15) is 0 Å². The third-order valence-corrected chi connectivity index (χ3v) is 6.94. The van der Waals surface area contributed by atoms with Gasteiger partial charge in [-0.05, 0) is 58.0 Å². The van der Waals surface area contributed by atoms with E-state index in [1.807, 2.05) is 21.4 Å². The van der Waals surface area contributed by atoms with E-state index < -0.39 is 0 Å². The number of aryl methyl sites for hydroxylation is 3. The summed E-state index contributed by atoms with van der Waals surface area (Å²) in [5, 5.41) is 14.3. The van der Waals surface area contributed by atoms with Crippen LogP contribution in [0.15, 0.2) is 71.9 Å². The molecule has 1 N–H and O–H groups in total. The Morgan fingerprint density at radius 2 is 1.68 bits per heavy atom. The quantitative estimate of drug-likeness (QED) is 0.273. The summed E-state index contributed by atoms with van der Waals surface area (Å²) in [6, 6.07) is 16.6. The van der Waals surface area contributed by atoms with Gasteiger partial charge in [0.05, 0.1) is 12.2 Å². The zero-order valence-corrected chi connectivity index (χ0v) is 22.2. The van der Waals surface area contributed by atoms with Gasteiger partial charge in [-0.15, -0.1) is 5.10 Å². The van der Waals surface area contributed by atoms with Crippen LogP contribution in [0.25, 0.3) is 28.2 Å². The minimum Gasteiger partial charge on any atom is -0.292 e. The van der Waals surface area contributed by atoms with Crippen LogP contribution < -0.4 is 5.69 Å². The van der Waals surface area contributed by atoms with Crippen molar-refractivity contribution in [2.24, 2.45) is 0 Å². The predicted molar refractivity (Wildman–Crippen MR) is 149 cm³/mol. The van der Waals surface area contributed by atoms with Crippen molar-refractivity contribution in [2.75, 3.05) is 0 Å². The van der Waals surface area contributed by atoms with Crippen LogP contribution in [0, 0.1) is 0 Å². The summed E-state index contributed by atoms with van der Waals surface area (Å²) >= 11 is 0. The maximum atomic E-state index is 13.9. The lowest BCUT2D eigenvalue weighted by atomic mass is 10.0. The fourth-order valence-corrected chi connectivity index (χ4v) is 5.10. The van der Waals surface area contributed by atoms with Gasteiger partial charge in [0.2, 0.25) is 0 Å². The van der Waals surface area contributed by atoms with Crippen LogP contribution >= 0.6 is 0 Å². The number of nitrogens with zero attached hydrogens (tertiary/aromatic N) is 6. The van der Waals surface area contributed by atoms with Crippen LogP contribution in [0.4, 0.5) is 0 Å². The molecule has 0 saturated heterocycles. The molecule has 0 fully saturated rings. The van der Waals surface area contributed by atoms with Crippen LogP contribution in [-0.4, -0.2) is 34.7 Å². The number of hydrogen-bond acceptors (Lipinski definition) is 5. The number of aromatic amines is 1. The highest BCUT2D eigenvalue weighted by molar-refractivity contribution is 5.79. The van der Waals surface area contributed by atoms with E-state index >= 15 is 0 Å². The molecule has 0 bridgehead atoms. The minimum atomic E-state index is 0.0168. The summed E-state index contributed by atoms with van der Waals surface area (Å²) in [4.78, 5) is 18.2. The van der Waals surface area contributed by atoms with Gasteiger partial charge in [0.15, 0.2) is 5.82 Å². The molecule has 38 heavy (non-hydrogen) atoms. The Morgan fingerprint density at radius 1 is 0.895 bits per heavy atom. The molecule has 194 valence electrons. The number of hydrogen-bond donors (Lipinski definition) is 1. The van der Waals surface area contributed by atoms with Gasteiger partial charge in [-0.25, -0.2) is 9.89 Å². The molecule has 2 aromatic carbocycles. The Hall–Kier alpha value is -4.33. The molecule has 8 nitrogen and oxygen atoms in total.